The first-order chi connectivity index (χ1) is 10.0. The predicted molar refractivity (Wildman–Crippen MR) is 83.5 cm³/mol. The summed E-state index contributed by atoms with van der Waals surface area (Å²) in [6, 6.07) is 12.2. The minimum absolute atomic E-state index is 0.327. The van der Waals surface area contributed by atoms with E-state index in [1.165, 1.54) is 0 Å². The number of hydrogen-bond donors (Lipinski definition) is 1. The molecule has 0 amide bonds. The third kappa shape index (κ3) is 3.90. The van der Waals surface area contributed by atoms with Gasteiger partial charge in [0.15, 0.2) is 0 Å². The standard InChI is InChI=1S/C16H14Cl2O3/c1-21-12-4-2-3-10(7-12)8-14(16(19)20)13-6-5-11(17)9-15(13)18/h2-7,9,14H,8H2,1H3,(H,19,20). The normalized spacial score (nSPS) is 12.0. The molecule has 0 bridgehead atoms. The summed E-state index contributed by atoms with van der Waals surface area (Å²) in [6.45, 7) is 0. The Hall–Kier alpha value is -1.71. The van der Waals surface area contributed by atoms with Crippen LogP contribution in [0.2, 0.25) is 10.0 Å². The van der Waals surface area contributed by atoms with E-state index in [2.05, 4.69) is 0 Å². The van der Waals surface area contributed by atoms with Crippen molar-refractivity contribution in [3.63, 3.8) is 0 Å². The van der Waals surface area contributed by atoms with Crippen LogP contribution in [0.15, 0.2) is 42.5 Å². The van der Waals surface area contributed by atoms with Gasteiger partial charge >= 0.3 is 5.97 Å². The monoisotopic (exact) mass is 324 g/mol. The fourth-order valence-electron chi connectivity index (χ4n) is 2.15. The second-order valence-corrected chi connectivity index (χ2v) is 5.46. The molecule has 0 saturated heterocycles. The third-order valence-electron chi connectivity index (χ3n) is 3.21. The Morgan fingerprint density at radius 2 is 2.00 bits per heavy atom. The minimum Gasteiger partial charge on any atom is -0.497 e. The van der Waals surface area contributed by atoms with Crippen LogP contribution in [0, 0.1) is 0 Å². The summed E-state index contributed by atoms with van der Waals surface area (Å²) in [7, 11) is 1.57. The van der Waals surface area contributed by atoms with Crippen LogP contribution in [0.5, 0.6) is 5.75 Å². The highest BCUT2D eigenvalue weighted by molar-refractivity contribution is 6.35. The van der Waals surface area contributed by atoms with Crippen LogP contribution in [0.25, 0.3) is 0 Å². The molecule has 110 valence electrons. The number of carbonyl (C=O) groups is 1. The minimum atomic E-state index is -0.929. The zero-order valence-electron chi connectivity index (χ0n) is 11.3. The molecule has 21 heavy (non-hydrogen) atoms. The van der Waals surface area contributed by atoms with Gasteiger partial charge in [-0.1, -0.05) is 41.4 Å². The van der Waals surface area contributed by atoms with Gasteiger partial charge < -0.3 is 9.84 Å². The number of ether oxygens (including phenoxy) is 1. The van der Waals surface area contributed by atoms with Crippen molar-refractivity contribution >= 4 is 29.2 Å². The van der Waals surface area contributed by atoms with Crippen LogP contribution >= 0.6 is 23.2 Å². The van der Waals surface area contributed by atoms with Gasteiger partial charge in [0.2, 0.25) is 0 Å². The van der Waals surface area contributed by atoms with E-state index in [0.29, 0.717) is 27.8 Å². The summed E-state index contributed by atoms with van der Waals surface area (Å²) in [5.74, 6) is -0.970. The Bertz CT molecular complexity index is 656. The topological polar surface area (TPSA) is 46.5 Å². The van der Waals surface area contributed by atoms with Crippen molar-refractivity contribution in [1.29, 1.82) is 0 Å². The molecule has 0 spiro atoms. The molecular formula is C16H14Cl2O3. The molecule has 2 aromatic rings. The van der Waals surface area contributed by atoms with Crippen LogP contribution in [-0.4, -0.2) is 18.2 Å². The van der Waals surface area contributed by atoms with Crippen molar-refractivity contribution in [2.45, 2.75) is 12.3 Å². The van der Waals surface area contributed by atoms with Gasteiger partial charge in [0.1, 0.15) is 5.75 Å². The highest BCUT2D eigenvalue weighted by Crippen LogP contribution is 2.30. The highest BCUT2D eigenvalue weighted by atomic mass is 35.5. The molecule has 1 unspecified atom stereocenters. The van der Waals surface area contributed by atoms with Crippen LogP contribution < -0.4 is 4.74 Å². The number of methoxy groups -OCH3 is 1. The Morgan fingerprint density at radius 3 is 2.62 bits per heavy atom. The maximum atomic E-state index is 11.6. The molecule has 0 heterocycles. The molecule has 5 heteroatoms. The number of benzene rings is 2. The van der Waals surface area contributed by atoms with Crippen molar-refractivity contribution < 1.29 is 14.6 Å². The highest BCUT2D eigenvalue weighted by Gasteiger charge is 2.23. The lowest BCUT2D eigenvalue weighted by Crippen LogP contribution is -2.15. The lowest BCUT2D eigenvalue weighted by Gasteiger charge is -2.15. The Morgan fingerprint density at radius 1 is 1.24 bits per heavy atom. The van der Waals surface area contributed by atoms with Gasteiger partial charge in [0.25, 0.3) is 0 Å². The first-order valence-corrected chi connectivity index (χ1v) is 7.07. The zero-order valence-corrected chi connectivity index (χ0v) is 12.9. The van der Waals surface area contributed by atoms with Crippen molar-refractivity contribution in [1.82, 2.24) is 0 Å². The van der Waals surface area contributed by atoms with Crippen molar-refractivity contribution in [2.75, 3.05) is 7.11 Å². The van der Waals surface area contributed by atoms with Crippen molar-refractivity contribution in [2.24, 2.45) is 0 Å². The van der Waals surface area contributed by atoms with E-state index in [4.69, 9.17) is 27.9 Å². The third-order valence-corrected chi connectivity index (χ3v) is 3.77. The SMILES string of the molecule is COc1cccc(CC(C(=O)O)c2ccc(Cl)cc2Cl)c1. The number of rotatable bonds is 5. The van der Waals surface area contributed by atoms with E-state index in [1.807, 2.05) is 24.3 Å². The molecule has 0 radical (unpaired) electrons. The van der Waals surface area contributed by atoms with Crippen LogP contribution in [0.1, 0.15) is 17.0 Å². The van der Waals surface area contributed by atoms with E-state index in [1.54, 1.807) is 25.3 Å². The molecule has 0 aliphatic heterocycles. The summed E-state index contributed by atoms with van der Waals surface area (Å²) >= 11 is 12.0. The van der Waals surface area contributed by atoms with Gasteiger partial charge in [0, 0.05) is 10.0 Å². The lowest BCUT2D eigenvalue weighted by atomic mass is 9.92. The van der Waals surface area contributed by atoms with E-state index < -0.39 is 11.9 Å². The first kappa shape index (κ1) is 15.7. The molecule has 2 aromatic carbocycles. The average molecular weight is 325 g/mol. The van der Waals surface area contributed by atoms with Gasteiger partial charge in [-0.05, 0) is 41.8 Å². The number of halogens is 2. The maximum Gasteiger partial charge on any atom is 0.311 e. The smallest absolute Gasteiger partial charge is 0.311 e. The fourth-order valence-corrected chi connectivity index (χ4v) is 2.69. The van der Waals surface area contributed by atoms with Crippen LogP contribution in [-0.2, 0) is 11.2 Å². The van der Waals surface area contributed by atoms with E-state index in [-0.39, 0.29) is 0 Å². The second-order valence-electron chi connectivity index (χ2n) is 4.61. The van der Waals surface area contributed by atoms with Gasteiger partial charge in [-0.2, -0.15) is 0 Å². The van der Waals surface area contributed by atoms with E-state index in [0.717, 1.165) is 5.56 Å². The first-order valence-electron chi connectivity index (χ1n) is 6.32. The number of aliphatic carboxylic acids is 1. The fraction of sp³-hybridized carbons (Fsp3) is 0.188. The van der Waals surface area contributed by atoms with E-state index in [9.17, 15) is 9.90 Å². The molecule has 1 atom stereocenters. The number of carboxylic acid groups (broad SMARTS) is 1. The molecule has 0 aliphatic carbocycles. The Labute approximate surface area is 133 Å². The predicted octanol–water partition coefficient (Wildman–Crippen LogP) is 4.41. The van der Waals surface area contributed by atoms with Gasteiger partial charge in [-0.15, -0.1) is 0 Å². The number of hydrogen-bond acceptors (Lipinski definition) is 2. The van der Waals surface area contributed by atoms with Gasteiger partial charge in [0.05, 0.1) is 13.0 Å². The van der Waals surface area contributed by atoms with Gasteiger partial charge in [-0.25, -0.2) is 0 Å². The van der Waals surface area contributed by atoms with Crippen molar-refractivity contribution in [3.8, 4) is 5.75 Å². The second kappa shape index (κ2) is 6.83. The molecule has 0 aliphatic rings. The molecule has 3 nitrogen and oxygen atoms in total. The summed E-state index contributed by atoms with van der Waals surface area (Å²) in [5.41, 5.74) is 1.42. The maximum absolute atomic E-state index is 11.6. The average Bonchev–Trinajstić information content (AvgIpc) is 2.45. The molecule has 2 rings (SSSR count). The zero-order chi connectivity index (χ0) is 15.4. The number of carboxylic acids is 1. The Balaban J connectivity index is 2.33. The Kier molecular flexibility index (Phi) is 5.10. The molecule has 0 aromatic heterocycles. The van der Waals surface area contributed by atoms with Crippen molar-refractivity contribution in [3.05, 3.63) is 63.6 Å². The largest absolute Gasteiger partial charge is 0.497 e. The van der Waals surface area contributed by atoms with Crippen LogP contribution in [0.3, 0.4) is 0 Å². The molecule has 0 saturated carbocycles. The molecule has 0 fully saturated rings. The van der Waals surface area contributed by atoms with Gasteiger partial charge in [-0.3, -0.25) is 4.79 Å². The quantitative estimate of drug-likeness (QED) is 0.885. The molecular weight excluding hydrogens is 311 g/mol. The lowest BCUT2D eigenvalue weighted by molar-refractivity contribution is -0.138. The summed E-state index contributed by atoms with van der Waals surface area (Å²) in [4.78, 5) is 11.6. The molecule has 1 N–H and O–H groups in total. The summed E-state index contributed by atoms with van der Waals surface area (Å²) in [6.07, 6.45) is 0.327. The van der Waals surface area contributed by atoms with Crippen LogP contribution in [0.4, 0.5) is 0 Å². The van der Waals surface area contributed by atoms with E-state index >= 15 is 0 Å². The summed E-state index contributed by atoms with van der Waals surface area (Å²) in [5, 5.41) is 10.3. The summed E-state index contributed by atoms with van der Waals surface area (Å²) < 4.78 is 5.15.